The highest BCUT2D eigenvalue weighted by Crippen LogP contribution is 2.24. The molecule has 0 spiro atoms. The van der Waals surface area contributed by atoms with E-state index in [2.05, 4.69) is 10.4 Å². The summed E-state index contributed by atoms with van der Waals surface area (Å²) in [5.41, 5.74) is 0.762. The van der Waals surface area contributed by atoms with E-state index in [1.54, 1.807) is 64.1 Å². The lowest BCUT2D eigenvalue weighted by atomic mass is 10.1. The van der Waals surface area contributed by atoms with Crippen LogP contribution in [0, 0.1) is 6.92 Å². The highest BCUT2D eigenvalue weighted by Gasteiger charge is 2.24. The first-order valence-electron chi connectivity index (χ1n) is 10.2. The Kier molecular flexibility index (Phi) is 6.56. The van der Waals surface area contributed by atoms with Crippen molar-refractivity contribution < 1.29 is 13.2 Å². The molecule has 164 valence electrons. The summed E-state index contributed by atoms with van der Waals surface area (Å²) in [5.74, 6) is -0.520. The first kappa shape index (κ1) is 22.6. The highest BCUT2D eigenvalue weighted by atomic mass is 32.2. The van der Waals surface area contributed by atoms with Crippen LogP contribution >= 0.6 is 0 Å². The molecule has 0 aliphatic heterocycles. The summed E-state index contributed by atoms with van der Waals surface area (Å²) in [7, 11) is -3.68. The van der Waals surface area contributed by atoms with E-state index in [1.807, 2.05) is 0 Å². The largest absolute Gasteiger partial charge is 0.321 e. The summed E-state index contributed by atoms with van der Waals surface area (Å²) in [4.78, 5) is 25.7. The van der Waals surface area contributed by atoms with Crippen LogP contribution in [-0.4, -0.2) is 41.5 Å². The minimum atomic E-state index is -3.68. The lowest BCUT2D eigenvalue weighted by molar-refractivity contribution is 0.102. The van der Waals surface area contributed by atoms with Crippen LogP contribution in [0.15, 0.2) is 52.2 Å². The summed E-state index contributed by atoms with van der Waals surface area (Å²) in [6.45, 7) is 8.07. The fourth-order valence-corrected chi connectivity index (χ4v) is 5.17. The number of rotatable bonds is 7. The molecule has 9 heteroatoms. The average Bonchev–Trinajstić information content (AvgIpc) is 2.76. The zero-order valence-electron chi connectivity index (χ0n) is 18.0. The van der Waals surface area contributed by atoms with Crippen molar-refractivity contribution in [1.29, 1.82) is 0 Å². The van der Waals surface area contributed by atoms with E-state index in [-0.39, 0.29) is 16.1 Å². The molecule has 0 aliphatic carbocycles. The predicted octanol–water partition coefficient (Wildman–Crippen LogP) is 3.01. The molecular formula is C22H26N4O4S. The normalized spacial score (nSPS) is 11.8. The van der Waals surface area contributed by atoms with Crippen LogP contribution in [0.25, 0.3) is 10.8 Å². The molecule has 0 saturated heterocycles. The van der Waals surface area contributed by atoms with Gasteiger partial charge in [-0.3, -0.25) is 9.59 Å². The van der Waals surface area contributed by atoms with E-state index >= 15 is 0 Å². The van der Waals surface area contributed by atoms with Gasteiger partial charge >= 0.3 is 0 Å². The second-order valence-electron chi connectivity index (χ2n) is 7.04. The van der Waals surface area contributed by atoms with Crippen LogP contribution in [0.2, 0.25) is 0 Å². The minimum Gasteiger partial charge on any atom is -0.321 e. The summed E-state index contributed by atoms with van der Waals surface area (Å²) in [5, 5.41) is 7.80. The van der Waals surface area contributed by atoms with Gasteiger partial charge in [0.2, 0.25) is 10.0 Å². The third-order valence-electron chi connectivity index (χ3n) is 5.15. The molecule has 1 aromatic heterocycles. The number of carbonyl (C=O) groups excluding carboxylic acids is 1. The fourth-order valence-electron chi connectivity index (χ4n) is 3.47. The van der Waals surface area contributed by atoms with Crippen molar-refractivity contribution in [2.24, 2.45) is 0 Å². The molecular weight excluding hydrogens is 416 g/mol. The first-order valence-corrected chi connectivity index (χ1v) is 11.6. The standard InChI is InChI=1S/C22H26N4O4S/c1-5-25(6-2)31(29,30)19-14-16(13-12-15(19)4)23-21(27)20-17-10-8-9-11-18(17)22(28)26(7-3)24-20/h8-14H,5-7H2,1-4H3,(H,23,27). The predicted molar refractivity (Wildman–Crippen MR) is 121 cm³/mol. The smallest absolute Gasteiger partial charge is 0.276 e. The van der Waals surface area contributed by atoms with E-state index in [0.29, 0.717) is 41.7 Å². The van der Waals surface area contributed by atoms with Crippen molar-refractivity contribution in [3.8, 4) is 0 Å². The number of aryl methyl sites for hydroxylation is 2. The van der Waals surface area contributed by atoms with Crippen molar-refractivity contribution in [3.63, 3.8) is 0 Å². The lowest BCUT2D eigenvalue weighted by Gasteiger charge is -2.20. The molecule has 1 heterocycles. The van der Waals surface area contributed by atoms with E-state index < -0.39 is 15.9 Å². The van der Waals surface area contributed by atoms with E-state index in [9.17, 15) is 18.0 Å². The molecule has 1 N–H and O–H groups in total. The van der Waals surface area contributed by atoms with Crippen molar-refractivity contribution in [3.05, 3.63) is 64.1 Å². The average molecular weight is 443 g/mol. The van der Waals surface area contributed by atoms with Crippen molar-refractivity contribution in [2.75, 3.05) is 18.4 Å². The molecule has 1 amide bonds. The Balaban J connectivity index is 2.04. The number of anilines is 1. The number of nitrogens with one attached hydrogen (secondary N) is 1. The summed E-state index contributed by atoms with van der Waals surface area (Å²) in [6, 6.07) is 11.6. The number of amides is 1. The number of hydrogen-bond donors (Lipinski definition) is 1. The number of sulfonamides is 1. The highest BCUT2D eigenvalue weighted by molar-refractivity contribution is 7.89. The van der Waals surface area contributed by atoms with E-state index in [0.717, 1.165) is 0 Å². The fraction of sp³-hybridized carbons (Fsp3) is 0.318. The van der Waals surface area contributed by atoms with Crippen LogP contribution in [0.4, 0.5) is 5.69 Å². The number of benzene rings is 2. The van der Waals surface area contributed by atoms with Gasteiger partial charge in [-0.15, -0.1) is 0 Å². The van der Waals surface area contributed by atoms with E-state index in [4.69, 9.17) is 0 Å². The van der Waals surface area contributed by atoms with Crippen LogP contribution < -0.4 is 10.9 Å². The van der Waals surface area contributed by atoms with Crippen LogP contribution in [0.3, 0.4) is 0 Å². The molecule has 0 radical (unpaired) electrons. The van der Waals surface area contributed by atoms with E-state index in [1.165, 1.54) is 15.1 Å². The van der Waals surface area contributed by atoms with Crippen LogP contribution in [0.5, 0.6) is 0 Å². The molecule has 0 atom stereocenters. The molecule has 0 unspecified atom stereocenters. The molecule has 8 nitrogen and oxygen atoms in total. The van der Waals surface area contributed by atoms with Crippen molar-refractivity contribution in [1.82, 2.24) is 14.1 Å². The SMILES string of the molecule is CCN(CC)S(=O)(=O)c1cc(NC(=O)c2nn(CC)c(=O)c3ccccc23)ccc1C. The van der Waals surface area contributed by atoms with Crippen molar-refractivity contribution in [2.45, 2.75) is 39.1 Å². The first-order chi connectivity index (χ1) is 14.7. The molecule has 2 aromatic carbocycles. The van der Waals surface area contributed by atoms with Gasteiger partial charge in [-0.2, -0.15) is 9.40 Å². The van der Waals surface area contributed by atoms with Gasteiger partial charge in [-0.1, -0.05) is 38.1 Å². The Morgan fingerprint density at radius 3 is 2.32 bits per heavy atom. The van der Waals surface area contributed by atoms with Gasteiger partial charge in [0, 0.05) is 30.7 Å². The quantitative estimate of drug-likeness (QED) is 0.606. The third-order valence-corrected chi connectivity index (χ3v) is 7.34. The Morgan fingerprint density at radius 2 is 1.71 bits per heavy atom. The van der Waals surface area contributed by atoms with Crippen LogP contribution in [-0.2, 0) is 16.6 Å². The number of aromatic nitrogens is 2. The number of hydrogen-bond acceptors (Lipinski definition) is 5. The Hall–Kier alpha value is -3.04. The molecule has 3 aromatic rings. The Bertz CT molecular complexity index is 1290. The van der Waals surface area contributed by atoms with Gasteiger partial charge in [0.15, 0.2) is 5.69 Å². The molecule has 0 aliphatic rings. The third kappa shape index (κ3) is 4.24. The van der Waals surface area contributed by atoms with Gasteiger partial charge in [0.1, 0.15) is 0 Å². The minimum absolute atomic E-state index is 0.103. The maximum absolute atomic E-state index is 13.1. The lowest BCUT2D eigenvalue weighted by Crippen LogP contribution is -2.31. The molecule has 0 fully saturated rings. The zero-order chi connectivity index (χ0) is 22.8. The number of fused-ring (bicyclic) bond motifs is 1. The van der Waals surface area contributed by atoms with Gasteiger partial charge in [-0.25, -0.2) is 13.1 Å². The number of carbonyl (C=O) groups is 1. The maximum Gasteiger partial charge on any atom is 0.276 e. The molecule has 31 heavy (non-hydrogen) atoms. The summed E-state index contributed by atoms with van der Waals surface area (Å²) < 4.78 is 28.6. The summed E-state index contributed by atoms with van der Waals surface area (Å²) >= 11 is 0. The summed E-state index contributed by atoms with van der Waals surface area (Å²) in [6.07, 6.45) is 0. The van der Waals surface area contributed by atoms with Gasteiger partial charge in [0.05, 0.1) is 10.3 Å². The topological polar surface area (TPSA) is 101 Å². The zero-order valence-corrected chi connectivity index (χ0v) is 18.9. The van der Waals surface area contributed by atoms with Gasteiger partial charge in [-0.05, 0) is 37.6 Å². The Labute approximate surface area is 181 Å². The van der Waals surface area contributed by atoms with Crippen LogP contribution in [0.1, 0.15) is 36.8 Å². The number of nitrogens with zero attached hydrogens (tertiary/aromatic N) is 3. The molecule has 0 saturated carbocycles. The van der Waals surface area contributed by atoms with Gasteiger partial charge in [0.25, 0.3) is 11.5 Å². The second kappa shape index (κ2) is 8.99. The van der Waals surface area contributed by atoms with Gasteiger partial charge < -0.3 is 5.32 Å². The Morgan fingerprint density at radius 1 is 1.06 bits per heavy atom. The maximum atomic E-state index is 13.1. The second-order valence-corrected chi connectivity index (χ2v) is 8.95. The van der Waals surface area contributed by atoms with Crippen molar-refractivity contribution >= 4 is 32.4 Å². The molecule has 3 rings (SSSR count). The monoisotopic (exact) mass is 442 g/mol. The molecule has 0 bridgehead atoms.